The molecule has 0 atom stereocenters. The summed E-state index contributed by atoms with van der Waals surface area (Å²) in [5.74, 6) is 0. The average Bonchev–Trinajstić information content (AvgIpc) is 2.49. The first-order chi connectivity index (χ1) is 11.3. The molecule has 24 heavy (non-hydrogen) atoms. The molecule has 0 bridgehead atoms. The largest absolute Gasteiger partial charge is 0.416 e. The summed E-state index contributed by atoms with van der Waals surface area (Å²) in [5.41, 5.74) is 0.0246. The van der Waals surface area contributed by atoms with Gasteiger partial charge in [0, 0.05) is 26.7 Å². The van der Waals surface area contributed by atoms with Gasteiger partial charge in [0.15, 0.2) is 0 Å². The Morgan fingerprint density at radius 2 is 1.83 bits per heavy atom. The summed E-state index contributed by atoms with van der Waals surface area (Å²) in [7, 11) is 1.51. The number of benzene rings is 1. The number of halogens is 3. The van der Waals surface area contributed by atoms with Crippen molar-refractivity contribution in [2.45, 2.75) is 18.6 Å². The number of alkyl halides is 3. The van der Waals surface area contributed by atoms with Crippen molar-refractivity contribution in [2.24, 2.45) is 0 Å². The van der Waals surface area contributed by atoms with Crippen molar-refractivity contribution in [3.05, 3.63) is 35.4 Å². The molecule has 0 radical (unpaired) electrons. The number of nitrogens with one attached hydrogen (secondary N) is 3. The van der Waals surface area contributed by atoms with E-state index in [9.17, 15) is 22.8 Å². The van der Waals surface area contributed by atoms with Gasteiger partial charge in [-0.15, -0.1) is 0 Å². The highest BCUT2D eigenvalue weighted by Crippen LogP contribution is 2.29. The van der Waals surface area contributed by atoms with Gasteiger partial charge in [-0.25, -0.2) is 9.59 Å². The second-order valence-electron chi connectivity index (χ2n) is 5.50. The van der Waals surface area contributed by atoms with Gasteiger partial charge in [0.25, 0.3) is 0 Å². The van der Waals surface area contributed by atoms with Crippen LogP contribution in [0.15, 0.2) is 24.3 Å². The van der Waals surface area contributed by atoms with Gasteiger partial charge in [0.1, 0.15) is 0 Å². The summed E-state index contributed by atoms with van der Waals surface area (Å²) in [6.07, 6.45) is -3.90. The smallest absolute Gasteiger partial charge is 0.341 e. The van der Waals surface area contributed by atoms with Gasteiger partial charge in [-0.05, 0) is 24.1 Å². The second kappa shape index (κ2) is 7.41. The number of hydrogen-bond acceptors (Lipinski definition) is 2. The number of likely N-dealkylation sites (tertiary alicyclic amines) is 1. The van der Waals surface area contributed by atoms with Crippen LogP contribution in [0, 0.1) is 0 Å². The minimum absolute atomic E-state index is 0.0642. The molecule has 1 saturated heterocycles. The van der Waals surface area contributed by atoms with Gasteiger partial charge in [0.05, 0.1) is 11.6 Å². The van der Waals surface area contributed by atoms with Crippen LogP contribution in [0.5, 0.6) is 0 Å². The van der Waals surface area contributed by atoms with Gasteiger partial charge >= 0.3 is 18.2 Å². The minimum atomic E-state index is -4.34. The van der Waals surface area contributed by atoms with Crippen LogP contribution in [-0.2, 0) is 12.6 Å². The monoisotopic (exact) mass is 344 g/mol. The van der Waals surface area contributed by atoms with E-state index in [4.69, 9.17) is 0 Å². The van der Waals surface area contributed by atoms with E-state index >= 15 is 0 Å². The van der Waals surface area contributed by atoms with Gasteiger partial charge in [0.2, 0.25) is 0 Å². The van der Waals surface area contributed by atoms with Crippen LogP contribution in [0.25, 0.3) is 0 Å². The normalized spacial score (nSPS) is 14.8. The van der Waals surface area contributed by atoms with Crippen molar-refractivity contribution in [2.75, 3.05) is 26.7 Å². The molecule has 0 aromatic heterocycles. The summed E-state index contributed by atoms with van der Waals surface area (Å²) in [4.78, 5) is 24.5. The Morgan fingerprint density at radius 1 is 1.21 bits per heavy atom. The molecule has 9 heteroatoms. The van der Waals surface area contributed by atoms with Crippen molar-refractivity contribution in [1.29, 1.82) is 0 Å². The molecule has 0 saturated carbocycles. The molecule has 0 spiro atoms. The summed E-state index contributed by atoms with van der Waals surface area (Å²) in [6.45, 7) is 1.19. The van der Waals surface area contributed by atoms with Crippen LogP contribution in [0.3, 0.4) is 0 Å². The zero-order valence-electron chi connectivity index (χ0n) is 13.1. The van der Waals surface area contributed by atoms with E-state index in [2.05, 4.69) is 16.0 Å². The zero-order chi connectivity index (χ0) is 17.7. The Hall–Kier alpha value is -2.45. The van der Waals surface area contributed by atoms with Gasteiger partial charge in [-0.3, -0.25) is 0 Å². The second-order valence-corrected chi connectivity index (χ2v) is 5.50. The van der Waals surface area contributed by atoms with E-state index in [1.54, 1.807) is 4.90 Å². The first-order valence-electron chi connectivity index (χ1n) is 7.46. The molecular formula is C15H19F3N4O2. The van der Waals surface area contributed by atoms with Crippen LogP contribution in [0.1, 0.15) is 11.1 Å². The number of amides is 4. The number of urea groups is 2. The highest BCUT2D eigenvalue weighted by molar-refractivity contribution is 5.77. The van der Waals surface area contributed by atoms with E-state index < -0.39 is 11.7 Å². The van der Waals surface area contributed by atoms with Crippen molar-refractivity contribution in [3.8, 4) is 0 Å². The summed E-state index contributed by atoms with van der Waals surface area (Å²) in [5, 5.41) is 7.82. The van der Waals surface area contributed by atoms with Gasteiger partial charge < -0.3 is 20.9 Å². The van der Waals surface area contributed by atoms with Crippen molar-refractivity contribution >= 4 is 12.1 Å². The van der Waals surface area contributed by atoms with Crippen molar-refractivity contribution in [3.63, 3.8) is 0 Å². The first kappa shape index (κ1) is 17.9. The Kier molecular flexibility index (Phi) is 5.53. The molecule has 132 valence electrons. The van der Waals surface area contributed by atoms with Crippen LogP contribution in [0.4, 0.5) is 22.8 Å². The van der Waals surface area contributed by atoms with Gasteiger partial charge in [-0.2, -0.15) is 13.2 Å². The third-order valence-corrected chi connectivity index (χ3v) is 3.70. The number of rotatable bonds is 4. The Morgan fingerprint density at radius 3 is 2.38 bits per heavy atom. The zero-order valence-corrected chi connectivity index (χ0v) is 13.1. The minimum Gasteiger partial charge on any atom is -0.341 e. The van der Waals surface area contributed by atoms with E-state index in [1.807, 2.05) is 0 Å². The van der Waals surface area contributed by atoms with Crippen molar-refractivity contribution in [1.82, 2.24) is 20.9 Å². The molecule has 1 aliphatic heterocycles. The molecule has 0 aliphatic carbocycles. The fourth-order valence-corrected chi connectivity index (χ4v) is 2.28. The quantitative estimate of drug-likeness (QED) is 0.776. The third kappa shape index (κ3) is 4.77. The number of carbonyl (C=O) groups excluding carboxylic acids is 2. The lowest BCUT2D eigenvalue weighted by Crippen LogP contribution is -2.63. The maximum absolute atomic E-state index is 12.5. The molecule has 2 rings (SSSR count). The molecule has 4 amide bonds. The number of carbonyl (C=O) groups is 2. The Bertz CT molecular complexity index is 583. The topological polar surface area (TPSA) is 73.5 Å². The predicted molar refractivity (Wildman–Crippen MR) is 81.5 cm³/mol. The Labute approximate surface area is 137 Å². The van der Waals surface area contributed by atoms with Crippen LogP contribution in [0.2, 0.25) is 0 Å². The highest BCUT2D eigenvalue weighted by atomic mass is 19.4. The molecule has 1 fully saturated rings. The standard InChI is InChI=1S/C15H19F3N4O2/c1-19-13(23)21-12-8-22(9-12)14(24)20-7-6-10-2-4-11(5-3-10)15(16,17)18/h2-5,12H,6-9H2,1H3,(H,20,24)(H2,19,21,23). The SMILES string of the molecule is CNC(=O)NC1CN(C(=O)NCCc2ccc(C(F)(F)F)cc2)C1. The molecule has 6 nitrogen and oxygen atoms in total. The van der Waals surface area contributed by atoms with Gasteiger partial charge in [-0.1, -0.05) is 12.1 Å². The maximum atomic E-state index is 12.5. The van der Waals surface area contributed by atoms with Crippen molar-refractivity contribution < 1.29 is 22.8 Å². The molecule has 0 unspecified atom stereocenters. The Balaban J connectivity index is 1.68. The van der Waals surface area contributed by atoms with Crippen LogP contribution < -0.4 is 16.0 Å². The summed E-state index contributed by atoms with van der Waals surface area (Å²) < 4.78 is 37.4. The molecular weight excluding hydrogens is 325 g/mol. The fourth-order valence-electron chi connectivity index (χ4n) is 2.28. The summed E-state index contributed by atoms with van der Waals surface area (Å²) >= 11 is 0. The molecule has 1 aromatic carbocycles. The van der Waals surface area contributed by atoms with E-state index in [-0.39, 0.29) is 18.1 Å². The highest BCUT2D eigenvalue weighted by Gasteiger charge is 2.31. The number of nitrogens with zero attached hydrogens (tertiary/aromatic N) is 1. The fraction of sp³-hybridized carbons (Fsp3) is 0.467. The lowest BCUT2D eigenvalue weighted by atomic mass is 10.1. The molecule has 1 aromatic rings. The number of hydrogen-bond donors (Lipinski definition) is 3. The van der Waals surface area contributed by atoms with E-state index in [1.165, 1.54) is 19.2 Å². The van der Waals surface area contributed by atoms with E-state index in [0.717, 1.165) is 12.1 Å². The maximum Gasteiger partial charge on any atom is 0.416 e. The lowest BCUT2D eigenvalue weighted by molar-refractivity contribution is -0.137. The van der Waals surface area contributed by atoms with Crippen LogP contribution in [-0.4, -0.2) is 49.7 Å². The first-order valence-corrected chi connectivity index (χ1v) is 7.46. The lowest BCUT2D eigenvalue weighted by Gasteiger charge is -2.39. The predicted octanol–water partition coefficient (Wildman–Crippen LogP) is 1.57. The summed E-state index contributed by atoms with van der Waals surface area (Å²) in [6, 6.07) is 4.26. The molecule has 1 heterocycles. The van der Waals surface area contributed by atoms with E-state index in [0.29, 0.717) is 31.6 Å². The molecule has 1 aliphatic rings. The van der Waals surface area contributed by atoms with Crippen LogP contribution >= 0.6 is 0 Å². The third-order valence-electron chi connectivity index (χ3n) is 3.70. The molecule has 3 N–H and O–H groups in total. The average molecular weight is 344 g/mol.